The van der Waals surface area contributed by atoms with Crippen LogP contribution in [-0.4, -0.2) is 99.1 Å². The van der Waals surface area contributed by atoms with Crippen molar-refractivity contribution in [3.05, 3.63) is 0 Å². The predicted molar refractivity (Wildman–Crippen MR) is 99.2 cm³/mol. The molecular weight excluding hydrogens is 302 g/mol. The third-order valence-corrected chi connectivity index (χ3v) is 5.43. The number of likely N-dealkylation sites (tertiary alicyclic amines) is 1. The lowest BCUT2D eigenvalue weighted by Gasteiger charge is -2.40. The van der Waals surface area contributed by atoms with Gasteiger partial charge in [0.2, 0.25) is 5.91 Å². The summed E-state index contributed by atoms with van der Waals surface area (Å²) in [6.45, 7) is 14.9. The van der Waals surface area contributed by atoms with Crippen LogP contribution in [0.5, 0.6) is 0 Å². The van der Waals surface area contributed by atoms with E-state index in [-0.39, 0.29) is 5.91 Å². The molecule has 2 saturated heterocycles. The van der Waals surface area contributed by atoms with Crippen molar-refractivity contribution in [1.82, 2.24) is 25.3 Å². The van der Waals surface area contributed by atoms with E-state index in [1.54, 1.807) is 0 Å². The van der Waals surface area contributed by atoms with Crippen molar-refractivity contribution < 1.29 is 4.79 Å². The fourth-order valence-corrected chi connectivity index (χ4v) is 3.74. The van der Waals surface area contributed by atoms with E-state index in [0.717, 1.165) is 25.6 Å². The van der Waals surface area contributed by atoms with E-state index in [9.17, 15) is 4.79 Å². The molecule has 2 fully saturated rings. The molecule has 1 amide bonds. The Kier molecular flexibility index (Phi) is 8.45. The van der Waals surface area contributed by atoms with E-state index in [0.29, 0.717) is 19.1 Å². The van der Waals surface area contributed by atoms with Gasteiger partial charge in [-0.15, -0.1) is 0 Å². The number of likely N-dealkylation sites (N-methyl/N-ethyl adjacent to an activating group) is 1. The quantitative estimate of drug-likeness (QED) is 0.613. The molecule has 2 heterocycles. The van der Waals surface area contributed by atoms with E-state index in [1.807, 2.05) is 7.05 Å². The van der Waals surface area contributed by atoms with Gasteiger partial charge in [-0.3, -0.25) is 14.6 Å². The number of amides is 1. The summed E-state index contributed by atoms with van der Waals surface area (Å²) < 4.78 is 0. The summed E-state index contributed by atoms with van der Waals surface area (Å²) in [5, 5.41) is 6.01. The molecule has 6 nitrogen and oxygen atoms in total. The second kappa shape index (κ2) is 10.3. The van der Waals surface area contributed by atoms with Crippen LogP contribution in [0.1, 0.15) is 26.7 Å². The SMILES string of the molecule is CNCCNC(=O)CN1CCC(CN2CCN(C(C)C)CC2)CC1. The Bertz CT molecular complexity index is 360. The normalized spacial score (nSPS) is 22.2. The topological polar surface area (TPSA) is 50.9 Å². The van der Waals surface area contributed by atoms with Crippen molar-refractivity contribution in [3.8, 4) is 0 Å². The molecule has 0 saturated carbocycles. The molecule has 0 aromatic heterocycles. The minimum atomic E-state index is 0.161. The molecule has 6 heteroatoms. The summed E-state index contributed by atoms with van der Waals surface area (Å²) in [5.74, 6) is 0.965. The van der Waals surface area contributed by atoms with Crippen molar-refractivity contribution in [3.63, 3.8) is 0 Å². The number of piperazine rings is 1. The Hall–Kier alpha value is -0.690. The molecule has 0 spiro atoms. The van der Waals surface area contributed by atoms with E-state index in [4.69, 9.17) is 0 Å². The van der Waals surface area contributed by atoms with Crippen molar-refractivity contribution in [2.45, 2.75) is 32.7 Å². The van der Waals surface area contributed by atoms with Crippen molar-refractivity contribution in [2.75, 3.05) is 72.5 Å². The maximum Gasteiger partial charge on any atom is 0.234 e. The third kappa shape index (κ3) is 6.67. The minimum Gasteiger partial charge on any atom is -0.354 e. The molecule has 0 aromatic carbocycles. The maximum absolute atomic E-state index is 11.9. The molecule has 0 unspecified atom stereocenters. The number of hydrogen-bond acceptors (Lipinski definition) is 5. The fourth-order valence-electron chi connectivity index (χ4n) is 3.74. The first kappa shape index (κ1) is 19.6. The standard InChI is InChI=1S/C18H37N5O/c1-16(2)23-12-10-22(11-13-23)14-17-4-8-21(9-5-17)15-18(24)20-7-6-19-3/h16-17,19H,4-15H2,1-3H3,(H,20,24). The monoisotopic (exact) mass is 339 g/mol. The van der Waals surface area contributed by atoms with Crippen molar-refractivity contribution in [1.29, 1.82) is 0 Å². The zero-order valence-corrected chi connectivity index (χ0v) is 15.9. The largest absolute Gasteiger partial charge is 0.354 e. The highest BCUT2D eigenvalue weighted by Gasteiger charge is 2.25. The number of hydrogen-bond donors (Lipinski definition) is 2. The second-order valence-electron chi connectivity index (χ2n) is 7.60. The summed E-state index contributed by atoms with van der Waals surface area (Å²) in [6, 6.07) is 0.676. The zero-order valence-electron chi connectivity index (χ0n) is 15.9. The van der Waals surface area contributed by atoms with Gasteiger partial charge in [0.1, 0.15) is 0 Å². The molecule has 0 radical (unpaired) electrons. The number of nitrogens with one attached hydrogen (secondary N) is 2. The second-order valence-corrected chi connectivity index (χ2v) is 7.60. The first-order chi connectivity index (χ1) is 11.6. The fraction of sp³-hybridized carbons (Fsp3) is 0.944. The molecule has 2 N–H and O–H groups in total. The summed E-state index contributed by atoms with van der Waals surface area (Å²) in [6.07, 6.45) is 2.46. The molecular formula is C18H37N5O. The Morgan fingerprint density at radius 3 is 2.25 bits per heavy atom. The van der Waals surface area contributed by atoms with Gasteiger partial charge in [-0.2, -0.15) is 0 Å². The van der Waals surface area contributed by atoms with E-state index < -0.39 is 0 Å². The highest BCUT2D eigenvalue weighted by Crippen LogP contribution is 2.19. The Morgan fingerprint density at radius 2 is 1.67 bits per heavy atom. The van der Waals surface area contributed by atoms with Crippen LogP contribution < -0.4 is 10.6 Å². The van der Waals surface area contributed by atoms with Gasteiger partial charge in [0.05, 0.1) is 6.54 Å². The number of nitrogens with zero attached hydrogens (tertiary/aromatic N) is 3. The van der Waals surface area contributed by atoms with E-state index >= 15 is 0 Å². The van der Waals surface area contributed by atoms with Crippen molar-refractivity contribution >= 4 is 5.91 Å². The molecule has 0 atom stereocenters. The van der Waals surface area contributed by atoms with Crippen LogP contribution in [0.2, 0.25) is 0 Å². The average Bonchev–Trinajstić information content (AvgIpc) is 2.57. The molecule has 2 rings (SSSR count). The van der Waals surface area contributed by atoms with Crippen LogP contribution in [0.4, 0.5) is 0 Å². The van der Waals surface area contributed by atoms with Crippen LogP contribution in [0, 0.1) is 5.92 Å². The summed E-state index contributed by atoms with van der Waals surface area (Å²) >= 11 is 0. The lowest BCUT2D eigenvalue weighted by molar-refractivity contribution is -0.122. The number of rotatable bonds is 8. The summed E-state index contributed by atoms with van der Waals surface area (Å²) in [5.41, 5.74) is 0. The molecule has 0 bridgehead atoms. The molecule has 140 valence electrons. The first-order valence-electron chi connectivity index (χ1n) is 9.68. The van der Waals surface area contributed by atoms with Gasteiger partial charge in [0, 0.05) is 51.9 Å². The summed E-state index contributed by atoms with van der Waals surface area (Å²) in [7, 11) is 1.90. The highest BCUT2D eigenvalue weighted by atomic mass is 16.2. The third-order valence-electron chi connectivity index (χ3n) is 5.43. The first-order valence-corrected chi connectivity index (χ1v) is 9.68. The Labute approximate surface area is 147 Å². The molecule has 0 aromatic rings. The summed E-state index contributed by atoms with van der Waals surface area (Å²) in [4.78, 5) is 19.4. The number of carbonyl (C=O) groups excluding carboxylic acids is 1. The van der Waals surface area contributed by atoms with Gasteiger partial charge in [0.15, 0.2) is 0 Å². The van der Waals surface area contributed by atoms with Crippen LogP contribution >= 0.6 is 0 Å². The van der Waals surface area contributed by atoms with Gasteiger partial charge in [0.25, 0.3) is 0 Å². The van der Waals surface area contributed by atoms with Gasteiger partial charge in [-0.25, -0.2) is 0 Å². The number of carbonyl (C=O) groups is 1. The highest BCUT2D eigenvalue weighted by molar-refractivity contribution is 5.78. The minimum absolute atomic E-state index is 0.161. The van der Waals surface area contributed by atoms with Gasteiger partial charge in [-0.05, 0) is 52.7 Å². The number of piperidine rings is 1. The molecule has 0 aliphatic carbocycles. The average molecular weight is 340 g/mol. The smallest absolute Gasteiger partial charge is 0.234 e. The zero-order chi connectivity index (χ0) is 17.4. The predicted octanol–water partition coefficient (Wildman–Crippen LogP) is 0.0600. The van der Waals surface area contributed by atoms with Crippen LogP contribution in [0.25, 0.3) is 0 Å². The molecule has 24 heavy (non-hydrogen) atoms. The van der Waals surface area contributed by atoms with Crippen molar-refractivity contribution in [2.24, 2.45) is 5.92 Å². The van der Waals surface area contributed by atoms with E-state index in [1.165, 1.54) is 45.6 Å². The Morgan fingerprint density at radius 1 is 1.00 bits per heavy atom. The van der Waals surface area contributed by atoms with Crippen LogP contribution in [-0.2, 0) is 4.79 Å². The lowest BCUT2D eigenvalue weighted by atomic mass is 9.96. The van der Waals surface area contributed by atoms with Gasteiger partial charge < -0.3 is 15.5 Å². The Balaban J connectivity index is 1.59. The van der Waals surface area contributed by atoms with Crippen LogP contribution in [0.3, 0.4) is 0 Å². The molecule has 2 aliphatic rings. The van der Waals surface area contributed by atoms with Gasteiger partial charge >= 0.3 is 0 Å². The molecule has 2 aliphatic heterocycles. The van der Waals surface area contributed by atoms with E-state index in [2.05, 4.69) is 39.2 Å². The lowest BCUT2D eigenvalue weighted by Crippen LogP contribution is -2.51. The van der Waals surface area contributed by atoms with Crippen LogP contribution in [0.15, 0.2) is 0 Å². The maximum atomic E-state index is 11.9. The van der Waals surface area contributed by atoms with Gasteiger partial charge in [-0.1, -0.05) is 0 Å².